The number of hydrogen-bond donors (Lipinski definition) is 1. The lowest BCUT2D eigenvalue weighted by Gasteiger charge is -2.05. The first-order valence-corrected chi connectivity index (χ1v) is 7.65. The van der Waals surface area contributed by atoms with Crippen LogP contribution in [0.2, 0.25) is 0 Å². The second-order valence-electron chi connectivity index (χ2n) is 4.91. The monoisotopic (exact) mass is 330 g/mol. The van der Waals surface area contributed by atoms with Crippen LogP contribution in [0.15, 0.2) is 23.7 Å². The van der Waals surface area contributed by atoms with E-state index in [-0.39, 0.29) is 5.91 Å². The standard InChI is InChI=1S/C15H14N4O3S/c1-8-10-6-9(7-16-13(10)19(2)18-8)14(20)17-11-4-5-23-12(11)15(21)22-3/h4-7H,1-3H3,(H,17,20). The minimum Gasteiger partial charge on any atom is -0.465 e. The molecule has 0 radical (unpaired) electrons. The van der Waals surface area contributed by atoms with Crippen molar-refractivity contribution in [1.29, 1.82) is 0 Å². The van der Waals surface area contributed by atoms with Crippen molar-refractivity contribution in [1.82, 2.24) is 14.8 Å². The van der Waals surface area contributed by atoms with Gasteiger partial charge in [0.15, 0.2) is 5.65 Å². The summed E-state index contributed by atoms with van der Waals surface area (Å²) in [7, 11) is 3.10. The van der Waals surface area contributed by atoms with Gasteiger partial charge in [-0.3, -0.25) is 9.48 Å². The number of carbonyl (C=O) groups is 2. The molecular weight excluding hydrogens is 316 g/mol. The van der Waals surface area contributed by atoms with Gasteiger partial charge in [0.2, 0.25) is 0 Å². The fraction of sp³-hybridized carbons (Fsp3) is 0.200. The summed E-state index contributed by atoms with van der Waals surface area (Å²) < 4.78 is 6.36. The third-order valence-electron chi connectivity index (χ3n) is 3.41. The van der Waals surface area contributed by atoms with Crippen LogP contribution < -0.4 is 5.32 Å². The van der Waals surface area contributed by atoms with Crippen molar-refractivity contribution in [2.75, 3.05) is 12.4 Å². The zero-order valence-electron chi connectivity index (χ0n) is 12.8. The van der Waals surface area contributed by atoms with E-state index < -0.39 is 5.97 Å². The Morgan fingerprint density at radius 1 is 1.39 bits per heavy atom. The summed E-state index contributed by atoms with van der Waals surface area (Å²) in [6.45, 7) is 1.86. The molecule has 0 unspecified atom stereocenters. The number of carbonyl (C=O) groups excluding carboxylic acids is 2. The van der Waals surface area contributed by atoms with E-state index in [0.29, 0.717) is 21.8 Å². The van der Waals surface area contributed by atoms with Gasteiger partial charge in [0.1, 0.15) is 4.88 Å². The molecule has 0 saturated heterocycles. The fourth-order valence-electron chi connectivity index (χ4n) is 2.29. The Hall–Kier alpha value is -2.74. The number of nitrogens with zero attached hydrogens (tertiary/aromatic N) is 3. The summed E-state index contributed by atoms with van der Waals surface area (Å²) in [6, 6.07) is 3.40. The predicted octanol–water partition coefficient (Wildman–Crippen LogP) is 2.38. The van der Waals surface area contributed by atoms with E-state index in [1.54, 1.807) is 29.2 Å². The average Bonchev–Trinajstić information content (AvgIpc) is 3.11. The maximum atomic E-state index is 12.4. The largest absolute Gasteiger partial charge is 0.465 e. The van der Waals surface area contributed by atoms with Gasteiger partial charge >= 0.3 is 5.97 Å². The molecule has 7 nitrogen and oxygen atoms in total. The number of hydrogen-bond acceptors (Lipinski definition) is 6. The average molecular weight is 330 g/mol. The van der Waals surface area contributed by atoms with Gasteiger partial charge in [0.25, 0.3) is 5.91 Å². The number of anilines is 1. The summed E-state index contributed by atoms with van der Waals surface area (Å²) in [6.07, 6.45) is 1.49. The number of aryl methyl sites for hydroxylation is 2. The topological polar surface area (TPSA) is 86.1 Å². The maximum absolute atomic E-state index is 12.4. The van der Waals surface area contributed by atoms with E-state index in [1.807, 2.05) is 6.92 Å². The molecule has 3 heterocycles. The van der Waals surface area contributed by atoms with Crippen molar-refractivity contribution < 1.29 is 14.3 Å². The van der Waals surface area contributed by atoms with Crippen molar-refractivity contribution in [3.05, 3.63) is 39.8 Å². The summed E-state index contributed by atoms with van der Waals surface area (Å²) in [5.74, 6) is -0.821. The second kappa shape index (κ2) is 5.81. The van der Waals surface area contributed by atoms with E-state index in [1.165, 1.54) is 24.6 Å². The van der Waals surface area contributed by atoms with Crippen molar-refractivity contribution in [3.8, 4) is 0 Å². The van der Waals surface area contributed by atoms with E-state index in [4.69, 9.17) is 4.74 Å². The van der Waals surface area contributed by atoms with Gasteiger partial charge in [-0.15, -0.1) is 11.3 Å². The molecule has 3 aromatic heterocycles. The van der Waals surface area contributed by atoms with Gasteiger partial charge in [-0.25, -0.2) is 9.78 Å². The number of nitrogens with one attached hydrogen (secondary N) is 1. The van der Waals surface area contributed by atoms with Gasteiger partial charge in [-0.05, 0) is 24.4 Å². The molecule has 3 rings (SSSR count). The first kappa shape index (κ1) is 15.2. The fourth-order valence-corrected chi connectivity index (χ4v) is 3.05. The number of esters is 1. The number of rotatable bonds is 3. The number of methoxy groups -OCH3 is 1. The Balaban J connectivity index is 1.91. The van der Waals surface area contributed by atoms with E-state index in [0.717, 1.165) is 11.1 Å². The molecule has 3 aromatic rings. The molecule has 0 aromatic carbocycles. The van der Waals surface area contributed by atoms with Gasteiger partial charge in [-0.1, -0.05) is 0 Å². The molecule has 0 atom stereocenters. The third kappa shape index (κ3) is 2.68. The van der Waals surface area contributed by atoms with Crippen LogP contribution in [0.4, 0.5) is 5.69 Å². The minimum absolute atomic E-state index is 0.341. The molecule has 1 N–H and O–H groups in total. The van der Waals surface area contributed by atoms with E-state index in [2.05, 4.69) is 15.4 Å². The summed E-state index contributed by atoms with van der Waals surface area (Å²) in [5.41, 5.74) is 2.34. The number of pyridine rings is 1. The second-order valence-corrected chi connectivity index (χ2v) is 5.83. The number of thiophene rings is 1. The van der Waals surface area contributed by atoms with Crippen LogP contribution >= 0.6 is 11.3 Å². The quantitative estimate of drug-likeness (QED) is 0.745. The smallest absolute Gasteiger partial charge is 0.350 e. The van der Waals surface area contributed by atoms with Crippen molar-refractivity contribution >= 4 is 39.9 Å². The van der Waals surface area contributed by atoms with Gasteiger partial charge in [-0.2, -0.15) is 5.10 Å². The van der Waals surface area contributed by atoms with Crippen LogP contribution in [-0.4, -0.2) is 33.8 Å². The highest BCUT2D eigenvalue weighted by molar-refractivity contribution is 7.12. The Bertz CT molecular complexity index is 913. The number of aromatic nitrogens is 3. The minimum atomic E-state index is -0.480. The van der Waals surface area contributed by atoms with Crippen LogP contribution in [0.25, 0.3) is 11.0 Å². The first-order valence-electron chi connectivity index (χ1n) is 6.77. The highest BCUT2D eigenvalue weighted by Gasteiger charge is 2.17. The molecule has 1 amide bonds. The molecule has 0 saturated carbocycles. The summed E-state index contributed by atoms with van der Waals surface area (Å²) in [4.78, 5) is 28.7. The van der Waals surface area contributed by atoms with Gasteiger partial charge < -0.3 is 10.1 Å². The molecule has 0 fully saturated rings. The SMILES string of the molecule is COC(=O)c1sccc1NC(=O)c1cnc2c(c1)c(C)nn2C. The molecule has 8 heteroatoms. The van der Waals surface area contributed by atoms with Crippen LogP contribution in [0, 0.1) is 6.92 Å². The van der Waals surface area contributed by atoms with Crippen molar-refractivity contribution in [2.24, 2.45) is 7.05 Å². The zero-order valence-corrected chi connectivity index (χ0v) is 13.6. The third-order valence-corrected chi connectivity index (χ3v) is 4.30. The molecule has 0 aliphatic carbocycles. The number of ether oxygens (including phenoxy) is 1. The summed E-state index contributed by atoms with van der Waals surface area (Å²) in [5, 5.41) is 9.53. The maximum Gasteiger partial charge on any atom is 0.350 e. The van der Waals surface area contributed by atoms with E-state index >= 15 is 0 Å². The van der Waals surface area contributed by atoms with E-state index in [9.17, 15) is 9.59 Å². The van der Waals surface area contributed by atoms with Crippen LogP contribution in [0.1, 0.15) is 25.7 Å². The van der Waals surface area contributed by atoms with Crippen LogP contribution in [0.3, 0.4) is 0 Å². The van der Waals surface area contributed by atoms with Crippen LogP contribution in [-0.2, 0) is 11.8 Å². The van der Waals surface area contributed by atoms with Gasteiger partial charge in [0.05, 0.1) is 24.1 Å². The lowest BCUT2D eigenvalue weighted by molar-refractivity contribution is 0.0607. The molecule has 0 aliphatic heterocycles. The summed E-state index contributed by atoms with van der Waals surface area (Å²) >= 11 is 1.21. The van der Waals surface area contributed by atoms with Crippen LogP contribution in [0.5, 0.6) is 0 Å². The Labute approximate surface area is 135 Å². The predicted molar refractivity (Wildman–Crippen MR) is 86.9 cm³/mol. The molecule has 118 valence electrons. The highest BCUT2D eigenvalue weighted by Crippen LogP contribution is 2.24. The van der Waals surface area contributed by atoms with Crippen molar-refractivity contribution in [3.63, 3.8) is 0 Å². The number of amides is 1. The Morgan fingerprint density at radius 3 is 2.91 bits per heavy atom. The first-order chi connectivity index (χ1) is 11.0. The lowest BCUT2D eigenvalue weighted by Crippen LogP contribution is -2.14. The molecule has 0 spiro atoms. The highest BCUT2D eigenvalue weighted by atomic mass is 32.1. The molecular formula is C15H14N4O3S. The Morgan fingerprint density at radius 2 is 2.17 bits per heavy atom. The lowest BCUT2D eigenvalue weighted by atomic mass is 10.2. The normalized spacial score (nSPS) is 10.7. The zero-order chi connectivity index (χ0) is 16.6. The number of fused-ring (bicyclic) bond motifs is 1. The molecule has 0 bridgehead atoms. The Kier molecular flexibility index (Phi) is 3.83. The molecule has 23 heavy (non-hydrogen) atoms. The molecule has 0 aliphatic rings. The van der Waals surface area contributed by atoms with Gasteiger partial charge in [0, 0.05) is 18.6 Å². The van der Waals surface area contributed by atoms with Crippen molar-refractivity contribution in [2.45, 2.75) is 6.92 Å².